The highest BCUT2D eigenvalue weighted by molar-refractivity contribution is 5.97. The van der Waals surface area contributed by atoms with Crippen molar-refractivity contribution in [1.82, 2.24) is 10.8 Å². The van der Waals surface area contributed by atoms with Gasteiger partial charge in [0.15, 0.2) is 0 Å². The molecule has 38 heavy (non-hydrogen) atoms. The number of para-hydroxylation sites is 1. The number of anilines is 2. The van der Waals surface area contributed by atoms with Crippen LogP contribution in [0.1, 0.15) is 35.8 Å². The number of amides is 3. The van der Waals surface area contributed by atoms with Crippen LogP contribution < -0.4 is 21.4 Å². The van der Waals surface area contributed by atoms with Crippen molar-refractivity contribution in [3.05, 3.63) is 95.3 Å². The molecule has 3 rings (SSSR count). The minimum Gasteiger partial charge on any atom is -0.391 e. The molecule has 0 aliphatic carbocycles. The Bertz CT molecular complexity index is 1320. The topological polar surface area (TPSA) is 140 Å². The van der Waals surface area contributed by atoms with E-state index in [2.05, 4.69) is 27.8 Å². The van der Waals surface area contributed by atoms with Crippen LogP contribution in [0.4, 0.5) is 15.8 Å². The van der Waals surface area contributed by atoms with Gasteiger partial charge in [0, 0.05) is 22.4 Å². The number of hydrogen-bond acceptors (Lipinski definition) is 6. The fourth-order valence-corrected chi connectivity index (χ4v) is 3.17. The van der Waals surface area contributed by atoms with Gasteiger partial charge in [-0.2, -0.15) is 0 Å². The molecular formula is C28H29FN4O5. The van der Waals surface area contributed by atoms with Gasteiger partial charge in [0.2, 0.25) is 5.91 Å². The highest BCUT2D eigenvalue weighted by Crippen LogP contribution is 2.13. The first-order valence-corrected chi connectivity index (χ1v) is 11.2. The van der Waals surface area contributed by atoms with Crippen LogP contribution in [0.2, 0.25) is 0 Å². The average molecular weight is 521 g/mol. The van der Waals surface area contributed by atoms with Crippen LogP contribution in [0.25, 0.3) is 0 Å². The predicted molar refractivity (Wildman–Crippen MR) is 142 cm³/mol. The van der Waals surface area contributed by atoms with E-state index in [1.54, 1.807) is 54.6 Å². The van der Waals surface area contributed by atoms with E-state index in [9.17, 15) is 23.9 Å². The van der Waals surface area contributed by atoms with Gasteiger partial charge in [0.05, 0.1) is 18.3 Å². The van der Waals surface area contributed by atoms with E-state index in [0.29, 0.717) is 16.8 Å². The zero-order valence-electron chi connectivity index (χ0n) is 19.8. The second kappa shape index (κ2) is 14.1. The van der Waals surface area contributed by atoms with E-state index in [4.69, 9.17) is 5.21 Å². The van der Waals surface area contributed by atoms with Crippen molar-refractivity contribution in [2.75, 3.05) is 17.2 Å². The molecule has 0 saturated carbocycles. The number of halogens is 1. The Morgan fingerprint density at radius 3 is 2.05 bits per heavy atom. The first-order valence-electron chi connectivity index (χ1n) is 11.2. The Labute approximate surface area is 220 Å². The Kier molecular flexibility index (Phi) is 11.0. The predicted octanol–water partition coefficient (Wildman–Crippen LogP) is 2.90. The maximum absolute atomic E-state index is 13.6. The summed E-state index contributed by atoms with van der Waals surface area (Å²) in [6.45, 7) is 1.22. The monoisotopic (exact) mass is 520 g/mol. The third-order valence-corrected chi connectivity index (χ3v) is 5.14. The van der Waals surface area contributed by atoms with Crippen LogP contribution in [-0.4, -0.2) is 46.7 Å². The summed E-state index contributed by atoms with van der Waals surface area (Å²) in [5.74, 6) is 3.64. The molecule has 3 aromatic carbocycles. The first-order chi connectivity index (χ1) is 17.8. The van der Waals surface area contributed by atoms with E-state index < -0.39 is 29.8 Å². The Hall–Kier alpha value is -4.72. The van der Waals surface area contributed by atoms with Crippen molar-refractivity contribution in [2.45, 2.75) is 26.5 Å². The number of hydrogen-bond donors (Lipinski definition) is 6. The summed E-state index contributed by atoms with van der Waals surface area (Å²) >= 11 is 0. The van der Waals surface area contributed by atoms with Gasteiger partial charge >= 0.3 is 0 Å². The number of aliphatic hydroxyl groups excluding tert-OH is 1. The summed E-state index contributed by atoms with van der Waals surface area (Å²) in [5, 5.41) is 26.2. The van der Waals surface area contributed by atoms with E-state index in [0.717, 1.165) is 0 Å². The largest absolute Gasteiger partial charge is 0.391 e. The fraction of sp³-hybridized carbons (Fsp3) is 0.179. The van der Waals surface area contributed by atoms with E-state index in [1.165, 1.54) is 30.6 Å². The van der Waals surface area contributed by atoms with Crippen LogP contribution in [0.15, 0.2) is 72.8 Å². The summed E-state index contributed by atoms with van der Waals surface area (Å²) in [4.78, 5) is 36.0. The molecule has 0 aliphatic rings. The summed E-state index contributed by atoms with van der Waals surface area (Å²) in [6, 6.07) is 17.9. The SMILES string of the molecule is C.C[C@@H](O)[C@H](NC(=O)c1ccc(C#Cc2ccc(NC(=O)CNc3ccccc3F)cc2)cc1)C(=O)NO. The lowest BCUT2D eigenvalue weighted by Gasteiger charge is -2.19. The molecule has 10 heteroatoms. The molecule has 9 nitrogen and oxygen atoms in total. The fourth-order valence-electron chi connectivity index (χ4n) is 3.17. The number of carbonyl (C=O) groups excluding carboxylic acids is 3. The van der Waals surface area contributed by atoms with Crippen LogP contribution in [0, 0.1) is 17.7 Å². The zero-order valence-corrected chi connectivity index (χ0v) is 19.8. The molecule has 0 fully saturated rings. The van der Waals surface area contributed by atoms with Gasteiger partial charge in [-0.1, -0.05) is 31.4 Å². The number of hydroxylamine groups is 1. The lowest BCUT2D eigenvalue weighted by molar-refractivity contribution is -0.133. The molecule has 0 aromatic heterocycles. The molecule has 0 heterocycles. The van der Waals surface area contributed by atoms with E-state index in [1.807, 2.05) is 0 Å². The average Bonchev–Trinajstić information content (AvgIpc) is 2.90. The van der Waals surface area contributed by atoms with Gasteiger partial charge in [-0.3, -0.25) is 19.6 Å². The molecule has 0 aliphatic heterocycles. The molecule has 0 bridgehead atoms. The van der Waals surface area contributed by atoms with Crippen molar-refractivity contribution in [2.24, 2.45) is 0 Å². The molecule has 2 atom stereocenters. The van der Waals surface area contributed by atoms with Crippen molar-refractivity contribution in [3.63, 3.8) is 0 Å². The number of aliphatic hydroxyl groups is 1. The molecule has 3 aromatic rings. The number of benzene rings is 3. The minimum absolute atomic E-state index is 0. The lowest BCUT2D eigenvalue weighted by atomic mass is 10.1. The van der Waals surface area contributed by atoms with E-state index in [-0.39, 0.29) is 31.1 Å². The standard InChI is InChI=1S/C27H25FN4O5.CH4/c1-17(33)25(27(36)32-37)31-26(35)20-12-8-18(9-13-20)6-7-19-10-14-21(15-11-19)30-24(34)16-29-23-5-3-2-4-22(23)28;/h2-5,8-15,17,25,29,33,37H,16H2,1H3,(H,30,34)(H,31,35)(H,32,36);1H4/t17-,25+;/m1./s1. The van der Waals surface area contributed by atoms with Crippen LogP contribution >= 0.6 is 0 Å². The quantitative estimate of drug-likeness (QED) is 0.153. The van der Waals surface area contributed by atoms with Gasteiger partial charge in [-0.05, 0) is 67.6 Å². The summed E-state index contributed by atoms with van der Waals surface area (Å²) in [7, 11) is 0. The maximum Gasteiger partial charge on any atom is 0.268 e. The van der Waals surface area contributed by atoms with Gasteiger partial charge in [-0.25, -0.2) is 9.87 Å². The van der Waals surface area contributed by atoms with Crippen molar-refractivity contribution >= 4 is 29.1 Å². The molecule has 198 valence electrons. The van der Waals surface area contributed by atoms with Gasteiger partial charge in [0.1, 0.15) is 11.9 Å². The highest BCUT2D eigenvalue weighted by atomic mass is 19.1. The molecule has 3 amide bonds. The van der Waals surface area contributed by atoms with Gasteiger partial charge in [-0.15, -0.1) is 0 Å². The normalized spacial score (nSPS) is 11.5. The molecule has 0 saturated heterocycles. The third-order valence-electron chi connectivity index (χ3n) is 5.14. The Balaban J connectivity index is 0.00000507. The summed E-state index contributed by atoms with van der Waals surface area (Å²) < 4.78 is 13.6. The highest BCUT2D eigenvalue weighted by Gasteiger charge is 2.25. The third kappa shape index (κ3) is 8.44. The van der Waals surface area contributed by atoms with Crippen LogP contribution in [0.3, 0.4) is 0 Å². The molecule has 6 N–H and O–H groups in total. The summed E-state index contributed by atoms with van der Waals surface area (Å²) in [6.07, 6.45) is -1.21. The molecule has 0 spiro atoms. The van der Waals surface area contributed by atoms with Gasteiger partial charge in [0.25, 0.3) is 11.8 Å². The summed E-state index contributed by atoms with van der Waals surface area (Å²) in [5.41, 5.74) is 3.78. The van der Waals surface area contributed by atoms with Crippen molar-refractivity contribution < 1.29 is 29.1 Å². The molecule has 0 unspecified atom stereocenters. The van der Waals surface area contributed by atoms with Crippen molar-refractivity contribution in [1.29, 1.82) is 0 Å². The Morgan fingerprint density at radius 1 is 0.921 bits per heavy atom. The van der Waals surface area contributed by atoms with E-state index >= 15 is 0 Å². The van der Waals surface area contributed by atoms with Crippen LogP contribution in [-0.2, 0) is 9.59 Å². The second-order valence-corrected chi connectivity index (χ2v) is 7.95. The Morgan fingerprint density at radius 2 is 1.50 bits per heavy atom. The number of nitrogens with one attached hydrogen (secondary N) is 4. The first kappa shape index (κ1) is 29.5. The van der Waals surface area contributed by atoms with Crippen molar-refractivity contribution in [3.8, 4) is 11.8 Å². The second-order valence-electron chi connectivity index (χ2n) is 7.95. The minimum atomic E-state index is -1.31. The zero-order chi connectivity index (χ0) is 26.8. The molecule has 0 radical (unpaired) electrons. The van der Waals surface area contributed by atoms with Crippen LogP contribution in [0.5, 0.6) is 0 Å². The molecular weight excluding hydrogens is 491 g/mol. The number of carbonyl (C=O) groups is 3. The van der Waals surface area contributed by atoms with Gasteiger partial charge < -0.3 is 21.1 Å². The lowest BCUT2D eigenvalue weighted by Crippen LogP contribution is -2.51. The maximum atomic E-state index is 13.6. The number of rotatable bonds is 8. The smallest absolute Gasteiger partial charge is 0.268 e.